The minimum atomic E-state index is -0.212. The Morgan fingerprint density at radius 2 is 2.26 bits per heavy atom. The average Bonchev–Trinajstić information content (AvgIpc) is 2.87. The van der Waals surface area contributed by atoms with Gasteiger partial charge in [-0.3, -0.25) is 9.59 Å². The number of rotatable bonds is 5. The largest absolute Gasteiger partial charge is 0.393 e. The highest BCUT2D eigenvalue weighted by atomic mass is 32.1. The van der Waals surface area contributed by atoms with Gasteiger partial charge in [0, 0.05) is 13.6 Å². The molecule has 6 heteroatoms. The first-order valence-corrected chi connectivity index (χ1v) is 7.18. The van der Waals surface area contributed by atoms with Gasteiger partial charge in [-0.2, -0.15) is 0 Å². The molecule has 1 aliphatic carbocycles. The molecule has 2 amide bonds. The molecule has 0 aliphatic heterocycles. The second-order valence-electron chi connectivity index (χ2n) is 4.93. The predicted molar refractivity (Wildman–Crippen MR) is 73.0 cm³/mol. The van der Waals surface area contributed by atoms with Crippen LogP contribution in [-0.4, -0.2) is 48.1 Å². The lowest BCUT2D eigenvalue weighted by atomic mass is 9.82. The van der Waals surface area contributed by atoms with E-state index in [9.17, 15) is 14.7 Å². The monoisotopic (exact) mass is 282 g/mol. The summed E-state index contributed by atoms with van der Waals surface area (Å²) in [6.07, 6.45) is 1.32. The van der Waals surface area contributed by atoms with Crippen molar-refractivity contribution in [2.45, 2.75) is 18.9 Å². The highest BCUT2D eigenvalue weighted by molar-refractivity contribution is 7.12. The second kappa shape index (κ2) is 6.16. The van der Waals surface area contributed by atoms with Crippen molar-refractivity contribution in [2.75, 3.05) is 20.1 Å². The van der Waals surface area contributed by atoms with Crippen LogP contribution in [0.15, 0.2) is 17.5 Å². The number of hydrogen-bond acceptors (Lipinski definition) is 4. The summed E-state index contributed by atoms with van der Waals surface area (Å²) in [5, 5.41) is 13.6. The van der Waals surface area contributed by atoms with Crippen molar-refractivity contribution in [3.05, 3.63) is 22.4 Å². The molecule has 1 fully saturated rings. The predicted octanol–water partition coefficient (Wildman–Crippen LogP) is 0.707. The molecule has 1 heterocycles. The van der Waals surface area contributed by atoms with Crippen LogP contribution in [0.25, 0.3) is 0 Å². The van der Waals surface area contributed by atoms with Crippen molar-refractivity contribution in [3.63, 3.8) is 0 Å². The van der Waals surface area contributed by atoms with Gasteiger partial charge in [0.1, 0.15) is 0 Å². The molecule has 1 aliphatic rings. The molecule has 0 spiro atoms. The quantitative estimate of drug-likeness (QED) is 0.835. The molecule has 0 unspecified atom stereocenters. The molecular weight excluding hydrogens is 264 g/mol. The molecule has 0 bridgehead atoms. The topological polar surface area (TPSA) is 69.6 Å². The number of aliphatic hydroxyl groups is 1. The Morgan fingerprint density at radius 1 is 1.53 bits per heavy atom. The van der Waals surface area contributed by atoms with Gasteiger partial charge in [0.05, 0.1) is 17.5 Å². The van der Waals surface area contributed by atoms with Crippen molar-refractivity contribution in [2.24, 2.45) is 5.92 Å². The molecule has 2 rings (SSSR count). The minimum Gasteiger partial charge on any atom is -0.393 e. The van der Waals surface area contributed by atoms with Crippen molar-refractivity contribution in [3.8, 4) is 0 Å². The number of carbonyl (C=O) groups is 2. The summed E-state index contributed by atoms with van der Waals surface area (Å²) in [5.41, 5.74) is 0. The van der Waals surface area contributed by atoms with Crippen molar-refractivity contribution in [1.29, 1.82) is 0 Å². The van der Waals surface area contributed by atoms with E-state index in [1.165, 1.54) is 11.3 Å². The van der Waals surface area contributed by atoms with Gasteiger partial charge >= 0.3 is 0 Å². The zero-order valence-corrected chi connectivity index (χ0v) is 11.7. The standard InChI is InChI=1S/C13H18N2O3S/c1-15(8-9-5-10(16)6-9)12(17)7-14-13(18)11-3-2-4-19-11/h2-4,9-10,16H,5-8H2,1H3,(H,14,18). The van der Waals surface area contributed by atoms with Crippen LogP contribution in [0.4, 0.5) is 0 Å². The molecule has 1 aromatic heterocycles. The Hall–Kier alpha value is -1.40. The summed E-state index contributed by atoms with van der Waals surface area (Å²) in [6.45, 7) is 0.660. The van der Waals surface area contributed by atoms with Gasteiger partial charge in [-0.05, 0) is 30.2 Å². The summed E-state index contributed by atoms with van der Waals surface area (Å²) >= 11 is 1.35. The van der Waals surface area contributed by atoms with E-state index in [1.54, 1.807) is 24.1 Å². The van der Waals surface area contributed by atoms with Crippen LogP contribution in [0.5, 0.6) is 0 Å². The number of carbonyl (C=O) groups excluding carboxylic acids is 2. The highest BCUT2D eigenvalue weighted by Crippen LogP contribution is 2.27. The third-order valence-electron chi connectivity index (χ3n) is 3.31. The first-order chi connectivity index (χ1) is 9.06. The smallest absolute Gasteiger partial charge is 0.261 e. The van der Waals surface area contributed by atoms with Crippen LogP contribution in [0.2, 0.25) is 0 Å². The lowest BCUT2D eigenvalue weighted by Crippen LogP contribution is -2.43. The van der Waals surface area contributed by atoms with Crippen molar-refractivity contribution in [1.82, 2.24) is 10.2 Å². The lowest BCUT2D eigenvalue weighted by molar-refractivity contribution is -0.130. The summed E-state index contributed by atoms with van der Waals surface area (Å²) < 4.78 is 0. The van der Waals surface area contributed by atoms with E-state index in [-0.39, 0.29) is 24.5 Å². The van der Waals surface area contributed by atoms with Gasteiger partial charge in [0.2, 0.25) is 5.91 Å². The van der Waals surface area contributed by atoms with E-state index in [2.05, 4.69) is 5.32 Å². The summed E-state index contributed by atoms with van der Waals surface area (Å²) in [7, 11) is 1.73. The summed E-state index contributed by atoms with van der Waals surface area (Å²) in [6, 6.07) is 3.53. The third kappa shape index (κ3) is 3.78. The molecule has 0 aromatic carbocycles. The maximum Gasteiger partial charge on any atom is 0.261 e. The van der Waals surface area contributed by atoms with Crippen LogP contribution < -0.4 is 5.32 Å². The van der Waals surface area contributed by atoms with Gasteiger partial charge in [-0.15, -0.1) is 11.3 Å². The maximum atomic E-state index is 11.8. The zero-order chi connectivity index (χ0) is 13.8. The van der Waals surface area contributed by atoms with Gasteiger partial charge in [0.15, 0.2) is 0 Å². The number of likely N-dealkylation sites (N-methyl/N-ethyl adjacent to an activating group) is 1. The average molecular weight is 282 g/mol. The zero-order valence-electron chi connectivity index (χ0n) is 10.8. The Balaban J connectivity index is 1.70. The molecule has 0 atom stereocenters. The Morgan fingerprint density at radius 3 is 2.84 bits per heavy atom. The second-order valence-corrected chi connectivity index (χ2v) is 5.87. The number of thiophene rings is 1. The molecule has 0 saturated heterocycles. The van der Waals surface area contributed by atoms with Crippen LogP contribution >= 0.6 is 11.3 Å². The van der Waals surface area contributed by atoms with Crippen LogP contribution in [0.1, 0.15) is 22.5 Å². The van der Waals surface area contributed by atoms with Crippen molar-refractivity contribution >= 4 is 23.2 Å². The maximum absolute atomic E-state index is 11.8. The molecule has 2 N–H and O–H groups in total. The number of amides is 2. The van der Waals surface area contributed by atoms with E-state index >= 15 is 0 Å². The third-order valence-corrected chi connectivity index (χ3v) is 4.18. The fourth-order valence-electron chi connectivity index (χ4n) is 2.12. The van der Waals surface area contributed by atoms with E-state index in [0.717, 1.165) is 12.8 Å². The number of hydrogen-bond donors (Lipinski definition) is 2. The molecule has 5 nitrogen and oxygen atoms in total. The van der Waals surface area contributed by atoms with E-state index in [0.29, 0.717) is 17.3 Å². The van der Waals surface area contributed by atoms with Gasteiger partial charge in [-0.1, -0.05) is 6.07 Å². The molecule has 19 heavy (non-hydrogen) atoms. The molecule has 104 valence electrons. The highest BCUT2D eigenvalue weighted by Gasteiger charge is 2.29. The van der Waals surface area contributed by atoms with Crippen LogP contribution in [0.3, 0.4) is 0 Å². The van der Waals surface area contributed by atoms with Crippen molar-refractivity contribution < 1.29 is 14.7 Å². The number of aliphatic hydroxyl groups excluding tert-OH is 1. The van der Waals surface area contributed by atoms with E-state index in [1.807, 2.05) is 5.38 Å². The summed E-state index contributed by atoms with van der Waals surface area (Å²) in [5.74, 6) is 0.0686. The van der Waals surface area contributed by atoms with E-state index in [4.69, 9.17) is 0 Å². The van der Waals surface area contributed by atoms with Gasteiger partial charge in [0.25, 0.3) is 5.91 Å². The minimum absolute atomic E-state index is 0.0164. The molecule has 1 aromatic rings. The fraction of sp³-hybridized carbons (Fsp3) is 0.538. The lowest BCUT2D eigenvalue weighted by Gasteiger charge is -2.34. The summed E-state index contributed by atoms with van der Waals surface area (Å²) in [4.78, 5) is 25.7. The number of nitrogens with one attached hydrogen (secondary N) is 1. The van der Waals surface area contributed by atoms with Crippen LogP contribution in [0, 0.1) is 5.92 Å². The van der Waals surface area contributed by atoms with Gasteiger partial charge < -0.3 is 15.3 Å². The molecule has 1 saturated carbocycles. The fourth-order valence-corrected chi connectivity index (χ4v) is 2.76. The Bertz CT molecular complexity index is 441. The first-order valence-electron chi connectivity index (χ1n) is 6.30. The van der Waals surface area contributed by atoms with Gasteiger partial charge in [-0.25, -0.2) is 0 Å². The Kier molecular flexibility index (Phi) is 4.55. The Labute approximate surface area is 116 Å². The molecule has 0 radical (unpaired) electrons. The SMILES string of the molecule is CN(CC1CC(O)C1)C(=O)CNC(=O)c1cccs1. The van der Waals surface area contributed by atoms with E-state index < -0.39 is 0 Å². The normalized spacial score (nSPS) is 21.6. The number of nitrogens with zero attached hydrogens (tertiary/aromatic N) is 1. The molecular formula is C13H18N2O3S. The van der Waals surface area contributed by atoms with Crippen LogP contribution in [-0.2, 0) is 4.79 Å². The first kappa shape index (κ1) is 14.0.